The van der Waals surface area contributed by atoms with E-state index in [1.54, 1.807) is 42.5 Å². The van der Waals surface area contributed by atoms with E-state index in [1.165, 1.54) is 72.2 Å². The van der Waals surface area contributed by atoms with Crippen LogP contribution in [0.5, 0.6) is 5.75 Å². The molecule has 44 heteroatoms. The van der Waals surface area contributed by atoms with Crippen molar-refractivity contribution in [2.24, 2.45) is 0 Å². The number of aliphatic hydroxyl groups is 1. The van der Waals surface area contributed by atoms with Gasteiger partial charge >= 0.3 is 0 Å². The van der Waals surface area contributed by atoms with Crippen molar-refractivity contribution in [1.82, 2.24) is 124 Å². The highest BCUT2D eigenvalue weighted by Crippen LogP contribution is 2.32. The number of phenolic OH excluding ortho intramolecular Hbond substituents is 1. The number of para-hydroxylation sites is 5. The molecular formula is C98H94F2N40O2. The van der Waals surface area contributed by atoms with Crippen LogP contribution in [-0.2, 0) is 12.8 Å². The molecule has 0 aliphatic heterocycles. The zero-order chi connectivity index (χ0) is 98.6. The van der Waals surface area contributed by atoms with Crippen LogP contribution in [-0.4, -0.2) is 140 Å². The van der Waals surface area contributed by atoms with E-state index >= 15 is 0 Å². The van der Waals surface area contributed by atoms with Crippen LogP contribution in [0, 0.1) is 32.4 Å². The van der Waals surface area contributed by atoms with Gasteiger partial charge in [-0.05, 0) is 171 Å². The lowest BCUT2D eigenvalue weighted by Crippen LogP contribution is -2.06. The number of hydrogen-bond donors (Lipinski definition) is 17. The van der Waals surface area contributed by atoms with Crippen LogP contribution in [0.2, 0.25) is 0 Å². The lowest BCUT2D eigenvalue weighted by Gasteiger charge is -2.07. The van der Waals surface area contributed by atoms with Crippen LogP contribution in [0.1, 0.15) is 41.2 Å². The average molecular weight is 1900 g/mol. The normalized spacial score (nSPS) is 10.6. The molecule has 42 nitrogen and oxygen atoms in total. The van der Waals surface area contributed by atoms with Crippen LogP contribution in [0.25, 0.3) is 29.1 Å². The number of rotatable bonds is 29. The molecule has 0 saturated heterocycles. The molecule has 142 heavy (non-hydrogen) atoms. The molecule has 0 spiro atoms. The third-order valence-electron chi connectivity index (χ3n) is 20.3. The number of aromatic nitrogens is 25. The number of nitrogens with one attached hydrogen (secondary N) is 10. The van der Waals surface area contributed by atoms with Gasteiger partial charge in [-0.15, -0.1) is 25.5 Å². The highest BCUT2D eigenvalue weighted by molar-refractivity contribution is 5.68. The molecule has 22 N–H and O–H groups in total. The lowest BCUT2D eigenvalue weighted by molar-refractivity contribution is 0.299. The highest BCUT2D eigenvalue weighted by atomic mass is 19.1. The lowest BCUT2D eigenvalue weighted by atomic mass is 10.1. The maximum Gasteiger partial charge on any atom is 0.249 e. The standard InChI is InChI=1S/C21H22N8.C20H20N8O.C20H20N8.C19H18N8O.C18H14F2N8/c1-2-6-15-9-11-17(12-10-15)26-21-27-20(22)29(28-21)19-13-18(23-14-24-19)25-16-7-4-3-5-8-16;21-19-26-20(25-16-8-6-14(7-9-16)10-11-29)27-28(19)18-12-17(22-13-23-18)24-15-4-2-1-3-5-15;1-13-8-9-16(14(2)10-13)25-20-26-19(21)28(27-20)18-11-17(22-12-23-18)24-15-6-4-3-5-7-15;1-12-7-8-14(15(28)9-12)24-19-25-18(20)27(26-19)17-10-16(21-11-22-17)23-13-5-3-2-4-6-13;19-11-6-7-14(13(20)8-11)25-18-26-17(21)28(27-18)16-9-15(22-10-23-16)24-12-4-2-1-3-5-12/h3-5,7-14H,2,6H2,1H3,(H,23,24,25)(H3,22,26,27,28);1-9,12-13,29H,10-11H2,(H,22,23,24)(H3,21,25,26,27);3-12H,1-2H3,(H,22,23,24)(H3,21,25,26,27);2-11,28H,1H3,(H,21,22,23)(H3,20,24,25,26);1-10H,(H,22,23,24)(H3,21,25,26,27). The Morgan fingerprint density at radius 3 is 0.852 bits per heavy atom. The zero-order valence-corrected chi connectivity index (χ0v) is 76.6. The largest absolute Gasteiger partial charge is 0.506 e. The van der Waals surface area contributed by atoms with Gasteiger partial charge in [0.1, 0.15) is 78.1 Å². The zero-order valence-electron chi connectivity index (χ0n) is 76.6. The summed E-state index contributed by atoms with van der Waals surface area (Å²) in [4.78, 5) is 63.3. The number of aromatic hydroxyl groups is 1. The number of phenols is 1. The molecule has 10 aromatic carbocycles. The number of benzene rings is 10. The second-order valence-corrected chi connectivity index (χ2v) is 31.0. The van der Waals surface area contributed by atoms with Crippen molar-refractivity contribution >= 4 is 145 Å². The maximum absolute atomic E-state index is 13.8. The van der Waals surface area contributed by atoms with Crippen molar-refractivity contribution in [3.63, 3.8) is 0 Å². The van der Waals surface area contributed by atoms with Crippen molar-refractivity contribution in [2.45, 2.75) is 47.0 Å². The third-order valence-corrected chi connectivity index (χ3v) is 20.3. The Morgan fingerprint density at radius 2 is 0.556 bits per heavy atom. The number of aryl methyl sites for hydroxylation is 4. The summed E-state index contributed by atoms with van der Waals surface area (Å²) >= 11 is 0. The number of hydrogen-bond acceptors (Lipinski definition) is 37. The van der Waals surface area contributed by atoms with Gasteiger partial charge in [0.25, 0.3) is 0 Å². The van der Waals surface area contributed by atoms with Crippen molar-refractivity contribution in [3.8, 4) is 34.8 Å². The summed E-state index contributed by atoms with van der Waals surface area (Å²) in [7, 11) is 0. The first-order chi connectivity index (χ1) is 69.2. The van der Waals surface area contributed by atoms with Gasteiger partial charge in [0.15, 0.2) is 29.1 Å². The third kappa shape index (κ3) is 26.1. The second kappa shape index (κ2) is 45.8. The summed E-state index contributed by atoms with van der Waals surface area (Å²) in [6.07, 6.45) is 9.93. The molecule has 10 aromatic heterocycles. The van der Waals surface area contributed by atoms with Crippen molar-refractivity contribution < 1.29 is 19.0 Å². The van der Waals surface area contributed by atoms with Gasteiger partial charge in [-0.2, -0.15) is 48.3 Å². The van der Waals surface area contributed by atoms with Gasteiger partial charge in [-0.3, -0.25) is 0 Å². The molecule has 0 aliphatic rings. The summed E-state index contributed by atoms with van der Waals surface area (Å²) in [6, 6.07) is 87.4. The van der Waals surface area contributed by atoms with Crippen molar-refractivity contribution in [3.05, 3.63) is 356 Å². The molecule has 0 fully saturated rings. The summed E-state index contributed by atoms with van der Waals surface area (Å²) in [5, 5.41) is 71.9. The molecule has 0 aliphatic carbocycles. The summed E-state index contributed by atoms with van der Waals surface area (Å²) < 4.78 is 33.9. The topological polar surface area (TPSA) is 573 Å². The van der Waals surface area contributed by atoms with Crippen LogP contribution < -0.4 is 81.8 Å². The first-order valence-electron chi connectivity index (χ1n) is 44.0. The Bertz CT molecular complexity index is 6950. The fourth-order valence-corrected chi connectivity index (χ4v) is 13.6. The Balaban J connectivity index is 0.000000128. The molecule has 0 radical (unpaired) electrons. The Hall–Kier alpha value is -20.1. The van der Waals surface area contributed by atoms with Gasteiger partial charge in [-0.1, -0.05) is 152 Å². The number of aliphatic hydroxyl groups excluding tert-OH is 1. The first kappa shape index (κ1) is 95.1. The maximum atomic E-state index is 13.8. The molecule has 0 saturated carbocycles. The summed E-state index contributed by atoms with van der Waals surface area (Å²) in [5.74, 6) is 6.33. The van der Waals surface area contributed by atoms with Crippen LogP contribution in [0.3, 0.4) is 0 Å². The molecule has 0 bridgehead atoms. The predicted octanol–water partition coefficient (Wildman–Crippen LogP) is 17.0. The molecule has 712 valence electrons. The van der Waals surface area contributed by atoms with E-state index in [2.05, 4.69) is 185 Å². The minimum absolute atomic E-state index is 0.0210. The quantitative estimate of drug-likeness (QED) is 0.0194. The number of nitrogens with two attached hydrogens (primary N) is 5. The van der Waals surface area contributed by atoms with E-state index in [1.807, 2.05) is 220 Å². The van der Waals surface area contributed by atoms with Gasteiger partial charge < -0.3 is 92.0 Å². The van der Waals surface area contributed by atoms with E-state index in [0.717, 1.165) is 87.2 Å². The van der Waals surface area contributed by atoms with E-state index in [0.29, 0.717) is 88.1 Å². The summed E-state index contributed by atoms with van der Waals surface area (Å²) in [6.45, 7) is 8.26. The SMILES string of the molecule is CCCc1ccc(Nc2nc(N)n(-c3cc(Nc4ccccc4)ncn3)n2)cc1.Cc1ccc(Nc2nc(N)n(-c3cc(Nc4ccccc4)ncn3)n2)c(C)c1.Cc1ccc(Nc2nc(N)n(-c3cc(Nc4ccccc4)ncn3)n2)c(O)c1.Nc1nc(Nc2ccc(CCO)cc2)nn1-c1cc(Nc2ccccc2)ncn1.Nc1nc(Nc2ccc(F)cc2F)nn1-c1cc(Nc2ccccc2)ncn1. The molecule has 20 rings (SSSR count). The minimum Gasteiger partial charge on any atom is -0.506 e. The Morgan fingerprint density at radius 1 is 0.282 bits per heavy atom. The molecule has 0 atom stereocenters. The van der Waals surface area contributed by atoms with Crippen LogP contribution >= 0.6 is 0 Å². The second-order valence-electron chi connectivity index (χ2n) is 31.0. The Labute approximate surface area is 810 Å². The highest BCUT2D eigenvalue weighted by Gasteiger charge is 2.20. The van der Waals surface area contributed by atoms with Crippen molar-refractivity contribution in [2.75, 3.05) is 88.4 Å². The van der Waals surface area contributed by atoms with Gasteiger partial charge in [-0.25, -0.2) is 58.6 Å². The van der Waals surface area contributed by atoms with Crippen LogP contribution in [0.15, 0.2) is 317 Å². The molecule has 10 heterocycles. The number of anilines is 25. The summed E-state index contributed by atoms with van der Waals surface area (Å²) in [5.41, 5.74) is 43.3. The van der Waals surface area contributed by atoms with Gasteiger partial charge in [0.05, 0.1) is 11.4 Å². The smallest absolute Gasteiger partial charge is 0.249 e. The number of halogens is 2. The predicted molar refractivity (Wildman–Crippen MR) is 545 cm³/mol. The monoisotopic (exact) mass is 1900 g/mol. The first-order valence-corrected chi connectivity index (χ1v) is 44.0. The molecule has 0 amide bonds. The molecular weight excluding hydrogens is 1810 g/mol. The minimum atomic E-state index is -0.772. The van der Waals surface area contributed by atoms with Gasteiger partial charge in [0, 0.05) is 88.5 Å². The fourth-order valence-electron chi connectivity index (χ4n) is 13.6. The van der Waals surface area contributed by atoms with E-state index in [4.69, 9.17) is 33.8 Å². The van der Waals surface area contributed by atoms with Crippen molar-refractivity contribution in [1.29, 1.82) is 0 Å². The molecule has 20 aromatic rings. The van der Waals surface area contributed by atoms with E-state index < -0.39 is 11.6 Å². The van der Waals surface area contributed by atoms with E-state index in [-0.39, 0.29) is 59.7 Å². The fraction of sp³-hybridized carbons (Fsp3) is 0.0816. The number of nitrogen functional groups attached to an aromatic ring is 5. The molecule has 0 unspecified atom stereocenters. The van der Waals surface area contributed by atoms with Gasteiger partial charge in [0.2, 0.25) is 59.5 Å². The Kier molecular flexibility index (Phi) is 30.6. The average Bonchev–Trinajstić information content (AvgIpc) is 1.69. The number of nitrogens with zero attached hydrogens (tertiary/aromatic N) is 25. The van der Waals surface area contributed by atoms with E-state index in [9.17, 15) is 13.9 Å². The van der Waals surface area contributed by atoms with Crippen LogP contribution in [0.4, 0.5) is 154 Å².